The predicted molar refractivity (Wildman–Crippen MR) is 83.6 cm³/mol. The van der Waals surface area contributed by atoms with E-state index in [0.717, 1.165) is 6.07 Å². The average Bonchev–Trinajstić information content (AvgIpc) is 2.56. The summed E-state index contributed by atoms with van der Waals surface area (Å²) in [5, 5.41) is 20.5. The second kappa shape index (κ2) is 5.81. The third-order valence-electron chi connectivity index (χ3n) is 3.79. The number of carbonyl (C=O) groups is 3. The minimum absolute atomic E-state index is 0.118. The number of hydrogen-bond acceptors (Lipinski definition) is 6. The number of hydrogen-bond donors (Lipinski definition) is 2. The molecular formula is C18H14O6. The summed E-state index contributed by atoms with van der Waals surface area (Å²) in [5.74, 6) is -3.27. The Morgan fingerprint density at radius 2 is 1.62 bits per heavy atom. The Balaban J connectivity index is 2.17. The molecule has 0 spiro atoms. The maximum Gasteiger partial charge on any atom is 0.311 e. The third kappa shape index (κ3) is 2.32. The molecule has 0 unspecified atom stereocenters. The summed E-state index contributed by atoms with van der Waals surface area (Å²) >= 11 is 0. The lowest BCUT2D eigenvalue weighted by molar-refractivity contribution is -0.134. The van der Waals surface area contributed by atoms with Gasteiger partial charge in [-0.3, -0.25) is 14.4 Å². The summed E-state index contributed by atoms with van der Waals surface area (Å²) in [7, 11) is 0. The first-order valence-corrected chi connectivity index (χ1v) is 7.43. The van der Waals surface area contributed by atoms with Gasteiger partial charge in [-0.25, -0.2) is 0 Å². The molecule has 0 heterocycles. The molecular weight excluding hydrogens is 312 g/mol. The van der Waals surface area contributed by atoms with Crippen LogP contribution in [0.4, 0.5) is 0 Å². The minimum atomic E-state index is -0.625. The molecule has 3 rings (SSSR count). The molecule has 1 aliphatic carbocycles. The Bertz CT molecular complexity index is 881. The van der Waals surface area contributed by atoms with Crippen LogP contribution in [0.2, 0.25) is 0 Å². The van der Waals surface area contributed by atoms with Gasteiger partial charge >= 0.3 is 5.97 Å². The molecule has 2 aromatic rings. The number of carbonyl (C=O) groups excluding carboxylic acids is 3. The topological polar surface area (TPSA) is 101 Å². The van der Waals surface area contributed by atoms with Gasteiger partial charge in [-0.1, -0.05) is 31.2 Å². The highest BCUT2D eigenvalue weighted by Gasteiger charge is 2.36. The van der Waals surface area contributed by atoms with E-state index in [1.54, 1.807) is 19.1 Å². The second-order valence-electron chi connectivity index (χ2n) is 5.42. The van der Waals surface area contributed by atoms with Crippen molar-refractivity contribution in [2.75, 3.05) is 0 Å². The average molecular weight is 326 g/mol. The van der Waals surface area contributed by atoms with Crippen molar-refractivity contribution in [2.24, 2.45) is 0 Å². The summed E-state index contributed by atoms with van der Waals surface area (Å²) in [6.45, 7) is 1.78. The Morgan fingerprint density at radius 3 is 2.21 bits per heavy atom. The van der Waals surface area contributed by atoms with Gasteiger partial charge in [0.1, 0.15) is 5.75 Å². The number of phenols is 2. The van der Waals surface area contributed by atoms with E-state index in [1.807, 2.05) is 0 Å². The van der Waals surface area contributed by atoms with Crippen LogP contribution in [-0.2, 0) is 4.79 Å². The smallest absolute Gasteiger partial charge is 0.311 e. The largest absolute Gasteiger partial charge is 0.507 e. The van der Waals surface area contributed by atoms with Crippen molar-refractivity contribution in [3.8, 4) is 17.2 Å². The molecule has 6 nitrogen and oxygen atoms in total. The van der Waals surface area contributed by atoms with Gasteiger partial charge in [0, 0.05) is 23.6 Å². The van der Waals surface area contributed by atoms with Gasteiger partial charge in [-0.05, 0) is 6.42 Å². The normalized spacial score (nSPS) is 12.5. The molecule has 24 heavy (non-hydrogen) atoms. The zero-order chi connectivity index (χ0) is 17.4. The van der Waals surface area contributed by atoms with Gasteiger partial charge in [0.05, 0.1) is 11.1 Å². The van der Waals surface area contributed by atoms with E-state index >= 15 is 0 Å². The fourth-order valence-electron chi connectivity index (χ4n) is 2.69. The van der Waals surface area contributed by atoms with E-state index in [0.29, 0.717) is 6.42 Å². The number of fused-ring (bicyclic) bond motifs is 2. The number of rotatable bonds is 3. The van der Waals surface area contributed by atoms with Gasteiger partial charge < -0.3 is 14.9 Å². The first kappa shape index (κ1) is 15.7. The highest BCUT2D eigenvalue weighted by molar-refractivity contribution is 6.30. The zero-order valence-electron chi connectivity index (χ0n) is 12.8. The van der Waals surface area contributed by atoms with Crippen LogP contribution in [0.5, 0.6) is 17.2 Å². The Hall–Kier alpha value is -3.15. The highest BCUT2D eigenvalue weighted by atomic mass is 16.5. The number of ketones is 2. The Morgan fingerprint density at radius 1 is 1.04 bits per heavy atom. The second-order valence-corrected chi connectivity index (χ2v) is 5.42. The van der Waals surface area contributed by atoms with Crippen molar-refractivity contribution in [3.63, 3.8) is 0 Å². The van der Waals surface area contributed by atoms with Crippen molar-refractivity contribution in [3.05, 3.63) is 52.6 Å². The summed E-state index contributed by atoms with van der Waals surface area (Å²) in [6, 6.07) is 7.11. The highest BCUT2D eigenvalue weighted by Crippen LogP contribution is 2.43. The van der Waals surface area contributed by atoms with Crippen LogP contribution in [0.25, 0.3) is 0 Å². The lowest BCUT2D eigenvalue weighted by Gasteiger charge is -2.20. The molecule has 122 valence electrons. The van der Waals surface area contributed by atoms with Crippen molar-refractivity contribution in [1.82, 2.24) is 0 Å². The van der Waals surface area contributed by atoms with E-state index in [4.69, 9.17) is 4.74 Å². The fourth-order valence-corrected chi connectivity index (χ4v) is 2.69. The van der Waals surface area contributed by atoms with Crippen molar-refractivity contribution in [1.29, 1.82) is 0 Å². The number of phenolic OH excluding ortho intramolecular Hbond substituents is 2. The van der Waals surface area contributed by atoms with Gasteiger partial charge in [-0.2, -0.15) is 0 Å². The van der Waals surface area contributed by atoms with Gasteiger partial charge in [0.2, 0.25) is 0 Å². The predicted octanol–water partition coefficient (Wildman–Crippen LogP) is 2.58. The Kier molecular flexibility index (Phi) is 3.81. The molecule has 2 aromatic carbocycles. The first-order valence-electron chi connectivity index (χ1n) is 7.43. The van der Waals surface area contributed by atoms with Crippen LogP contribution in [0.3, 0.4) is 0 Å². The van der Waals surface area contributed by atoms with E-state index < -0.39 is 29.0 Å². The van der Waals surface area contributed by atoms with E-state index in [-0.39, 0.29) is 34.4 Å². The molecule has 0 bridgehead atoms. The monoisotopic (exact) mass is 326 g/mol. The number of benzene rings is 2. The fraction of sp³-hybridized carbons (Fsp3) is 0.167. The quantitative estimate of drug-likeness (QED) is 0.436. The summed E-state index contributed by atoms with van der Waals surface area (Å²) < 4.78 is 4.99. The molecule has 0 radical (unpaired) electrons. The minimum Gasteiger partial charge on any atom is -0.507 e. The standard InChI is InChI=1S/C18H14O6/c1-2-5-13(20)24-12-8-11(19)14-15(18(12)23)17(22)10-7-4-3-6-9(10)16(14)21/h3-4,6-8,19,23H,2,5H2,1H3. The zero-order valence-corrected chi connectivity index (χ0v) is 12.8. The molecule has 0 amide bonds. The van der Waals surface area contributed by atoms with Gasteiger partial charge in [0.25, 0.3) is 0 Å². The molecule has 0 atom stereocenters. The first-order chi connectivity index (χ1) is 11.5. The van der Waals surface area contributed by atoms with Crippen LogP contribution >= 0.6 is 0 Å². The van der Waals surface area contributed by atoms with Gasteiger partial charge in [0.15, 0.2) is 23.1 Å². The Labute approximate surface area is 137 Å². The van der Waals surface area contributed by atoms with Crippen LogP contribution in [0, 0.1) is 0 Å². The van der Waals surface area contributed by atoms with E-state index in [2.05, 4.69) is 0 Å². The third-order valence-corrected chi connectivity index (χ3v) is 3.79. The number of esters is 1. The maximum atomic E-state index is 12.6. The number of ether oxygens (including phenoxy) is 1. The molecule has 6 heteroatoms. The SMILES string of the molecule is CCCC(=O)Oc1cc(O)c2c(c1O)C(=O)c1ccccc1C2=O. The molecule has 0 aromatic heterocycles. The van der Waals surface area contributed by atoms with Gasteiger partial charge in [-0.15, -0.1) is 0 Å². The number of aromatic hydroxyl groups is 2. The van der Waals surface area contributed by atoms with Crippen LogP contribution in [-0.4, -0.2) is 27.7 Å². The van der Waals surface area contributed by atoms with E-state index in [9.17, 15) is 24.6 Å². The summed E-state index contributed by atoms with van der Waals surface area (Å²) in [6.07, 6.45) is 0.661. The molecule has 0 saturated carbocycles. The van der Waals surface area contributed by atoms with Crippen LogP contribution in [0.15, 0.2) is 30.3 Å². The molecule has 1 aliphatic rings. The van der Waals surface area contributed by atoms with Crippen molar-refractivity contribution in [2.45, 2.75) is 19.8 Å². The van der Waals surface area contributed by atoms with Crippen molar-refractivity contribution < 1.29 is 29.3 Å². The molecule has 0 fully saturated rings. The maximum absolute atomic E-state index is 12.6. The summed E-state index contributed by atoms with van der Waals surface area (Å²) in [4.78, 5) is 36.8. The lowest BCUT2D eigenvalue weighted by Crippen LogP contribution is -2.21. The summed E-state index contributed by atoms with van der Waals surface area (Å²) in [5.41, 5.74) is -0.355. The van der Waals surface area contributed by atoms with E-state index in [1.165, 1.54) is 12.1 Å². The molecule has 2 N–H and O–H groups in total. The van der Waals surface area contributed by atoms with Crippen LogP contribution in [0.1, 0.15) is 51.6 Å². The molecule has 0 aliphatic heterocycles. The van der Waals surface area contributed by atoms with Crippen LogP contribution < -0.4 is 4.74 Å². The van der Waals surface area contributed by atoms with Crippen molar-refractivity contribution >= 4 is 17.5 Å². The molecule has 0 saturated heterocycles. The lowest BCUT2D eigenvalue weighted by atomic mass is 9.83.